The molecule has 6 nitrogen and oxygen atoms in total. The second kappa shape index (κ2) is 8.50. The van der Waals surface area contributed by atoms with Gasteiger partial charge >= 0.3 is 0 Å². The highest BCUT2D eigenvalue weighted by Crippen LogP contribution is 2.34. The van der Waals surface area contributed by atoms with Crippen LogP contribution in [0.5, 0.6) is 0 Å². The highest BCUT2D eigenvalue weighted by atomic mass is 32.2. The summed E-state index contributed by atoms with van der Waals surface area (Å²) in [5, 5.41) is 5.22. The van der Waals surface area contributed by atoms with Gasteiger partial charge in [0.05, 0.1) is 11.1 Å². The van der Waals surface area contributed by atoms with Crippen LogP contribution in [0.15, 0.2) is 74.7 Å². The van der Waals surface area contributed by atoms with Crippen LogP contribution in [0.25, 0.3) is 26.3 Å². The topological polar surface area (TPSA) is 69.3 Å². The standard InChI is InChI=1S/C23H18N4O2S3/c1-3-7-27-22(29)20-16(17-5-4-9-30-17)13-31-21(20)25-23(27)32-12-15-11-19(28)26-8-6-14(2)10-18(26)24-15/h3-6,8-11,13H,1,7,12H2,2H3. The molecule has 32 heavy (non-hydrogen) atoms. The largest absolute Gasteiger partial charge is 0.283 e. The van der Waals surface area contributed by atoms with Crippen LogP contribution in [-0.4, -0.2) is 18.9 Å². The van der Waals surface area contributed by atoms with Crippen molar-refractivity contribution >= 4 is 50.3 Å². The number of thioether (sulfide) groups is 1. The number of hydrogen-bond acceptors (Lipinski definition) is 7. The monoisotopic (exact) mass is 478 g/mol. The lowest BCUT2D eigenvalue weighted by molar-refractivity contribution is 0.673. The number of aromatic nitrogens is 4. The molecule has 0 amide bonds. The number of thiophene rings is 2. The maximum absolute atomic E-state index is 13.4. The van der Waals surface area contributed by atoms with Crippen LogP contribution in [0, 0.1) is 6.92 Å². The van der Waals surface area contributed by atoms with Crippen molar-refractivity contribution in [3.05, 3.63) is 91.9 Å². The van der Waals surface area contributed by atoms with Gasteiger partial charge in [-0.25, -0.2) is 9.97 Å². The van der Waals surface area contributed by atoms with Gasteiger partial charge in [0.25, 0.3) is 11.1 Å². The zero-order valence-electron chi connectivity index (χ0n) is 17.1. The minimum atomic E-state index is -0.128. The Labute approximate surface area is 195 Å². The van der Waals surface area contributed by atoms with E-state index in [1.54, 1.807) is 28.2 Å². The van der Waals surface area contributed by atoms with E-state index in [0.717, 1.165) is 16.0 Å². The Morgan fingerprint density at radius 2 is 2.06 bits per heavy atom. The first-order chi connectivity index (χ1) is 15.5. The fourth-order valence-corrected chi connectivity index (χ4v) is 6.19. The third kappa shape index (κ3) is 3.72. The smallest absolute Gasteiger partial charge is 0.263 e. The van der Waals surface area contributed by atoms with Crippen LogP contribution in [0.2, 0.25) is 0 Å². The lowest BCUT2D eigenvalue weighted by Crippen LogP contribution is -2.22. The predicted molar refractivity (Wildman–Crippen MR) is 133 cm³/mol. The number of aryl methyl sites for hydroxylation is 1. The first-order valence-electron chi connectivity index (χ1n) is 9.83. The molecule has 0 aliphatic rings. The van der Waals surface area contributed by atoms with Crippen molar-refractivity contribution < 1.29 is 0 Å². The van der Waals surface area contributed by atoms with Crippen LogP contribution in [0.1, 0.15) is 11.3 Å². The van der Waals surface area contributed by atoms with Crippen molar-refractivity contribution in [2.24, 2.45) is 0 Å². The number of allylic oxidation sites excluding steroid dienone is 1. The van der Waals surface area contributed by atoms with E-state index < -0.39 is 0 Å². The molecule has 5 aromatic rings. The molecule has 160 valence electrons. The second-order valence-corrected chi connectivity index (χ2v) is 9.96. The van der Waals surface area contributed by atoms with Gasteiger partial charge < -0.3 is 0 Å². The molecule has 0 fully saturated rings. The summed E-state index contributed by atoms with van der Waals surface area (Å²) in [5.41, 5.74) is 3.01. The van der Waals surface area contributed by atoms with Crippen molar-refractivity contribution in [3.8, 4) is 10.4 Å². The maximum atomic E-state index is 13.4. The lowest BCUT2D eigenvalue weighted by atomic mass is 10.2. The summed E-state index contributed by atoms with van der Waals surface area (Å²) < 4.78 is 3.17. The molecule has 5 heterocycles. The van der Waals surface area contributed by atoms with E-state index in [2.05, 4.69) is 11.6 Å². The second-order valence-electron chi connectivity index (χ2n) is 7.21. The fraction of sp³-hybridized carbons (Fsp3) is 0.130. The van der Waals surface area contributed by atoms with Gasteiger partial charge in [-0.15, -0.1) is 29.3 Å². The van der Waals surface area contributed by atoms with E-state index >= 15 is 0 Å². The summed E-state index contributed by atoms with van der Waals surface area (Å²) in [6.45, 7) is 6.12. The number of pyridine rings is 1. The molecule has 0 bridgehead atoms. The SMILES string of the molecule is C=CCn1c(SCc2cc(=O)n3ccc(C)cc3n2)nc2scc(-c3cccs3)c2c1=O. The Kier molecular flexibility index (Phi) is 5.54. The van der Waals surface area contributed by atoms with Gasteiger partial charge in [-0.05, 0) is 36.1 Å². The van der Waals surface area contributed by atoms with Crippen LogP contribution in [0.4, 0.5) is 0 Å². The molecular formula is C23H18N4O2S3. The Morgan fingerprint density at radius 3 is 2.84 bits per heavy atom. The molecule has 0 saturated carbocycles. The van der Waals surface area contributed by atoms with E-state index in [-0.39, 0.29) is 11.1 Å². The Bertz CT molecular complexity index is 1580. The van der Waals surface area contributed by atoms with Crippen molar-refractivity contribution in [1.29, 1.82) is 0 Å². The van der Waals surface area contributed by atoms with E-state index in [4.69, 9.17) is 4.98 Å². The van der Waals surface area contributed by atoms with Gasteiger partial charge in [0.2, 0.25) is 0 Å². The summed E-state index contributed by atoms with van der Waals surface area (Å²) in [5.74, 6) is 0.429. The van der Waals surface area contributed by atoms with Gasteiger partial charge in [0.15, 0.2) is 5.16 Å². The molecule has 0 radical (unpaired) electrons. The van der Waals surface area contributed by atoms with Crippen LogP contribution in [0.3, 0.4) is 0 Å². The van der Waals surface area contributed by atoms with Crippen molar-refractivity contribution in [2.45, 2.75) is 24.4 Å². The molecule has 5 rings (SSSR count). The normalized spacial score (nSPS) is 11.4. The Balaban J connectivity index is 1.55. The quantitative estimate of drug-likeness (QED) is 0.196. The summed E-state index contributed by atoms with van der Waals surface area (Å²) in [6, 6.07) is 9.28. The number of nitrogens with zero attached hydrogens (tertiary/aromatic N) is 4. The Hall–Kier alpha value is -3.01. The lowest BCUT2D eigenvalue weighted by Gasteiger charge is -2.11. The van der Waals surface area contributed by atoms with E-state index in [0.29, 0.717) is 39.0 Å². The minimum absolute atomic E-state index is 0.0794. The summed E-state index contributed by atoms with van der Waals surface area (Å²) in [4.78, 5) is 37.0. The molecule has 0 unspecified atom stereocenters. The molecule has 0 aromatic carbocycles. The third-order valence-electron chi connectivity index (χ3n) is 4.98. The van der Waals surface area contributed by atoms with Crippen molar-refractivity contribution in [2.75, 3.05) is 0 Å². The van der Waals surface area contributed by atoms with Crippen molar-refractivity contribution in [1.82, 2.24) is 18.9 Å². The van der Waals surface area contributed by atoms with Gasteiger partial charge in [-0.3, -0.25) is 18.6 Å². The number of hydrogen-bond donors (Lipinski definition) is 0. The zero-order chi connectivity index (χ0) is 22.2. The van der Waals surface area contributed by atoms with E-state index in [1.807, 2.05) is 41.9 Å². The molecule has 5 aromatic heterocycles. The van der Waals surface area contributed by atoms with Crippen molar-refractivity contribution in [3.63, 3.8) is 0 Å². The van der Waals surface area contributed by atoms with Gasteiger partial charge in [0.1, 0.15) is 10.5 Å². The third-order valence-corrected chi connectivity index (χ3v) is 7.77. The summed E-state index contributed by atoms with van der Waals surface area (Å²) in [7, 11) is 0. The van der Waals surface area contributed by atoms with Gasteiger partial charge in [-0.2, -0.15) is 0 Å². The zero-order valence-corrected chi connectivity index (χ0v) is 19.6. The highest BCUT2D eigenvalue weighted by Gasteiger charge is 2.18. The maximum Gasteiger partial charge on any atom is 0.263 e. The Morgan fingerprint density at radius 1 is 1.19 bits per heavy atom. The average molecular weight is 479 g/mol. The van der Waals surface area contributed by atoms with Crippen LogP contribution < -0.4 is 11.1 Å². The molecule has 0 spiro atoms. The predicted octanol–water partition coefficient (Wildman–Crippen LogP) is 4.98. The van der Waals surface area contributed by atoms with Gasteiger partial charge in [0, 0.05) is 40.4 Å². The van der Waals surface area contributed by atoms with Gasteiger partial charge in [-0.1, -0.05) is 23.9 Å². The number of rotatable bonds is 6. The molecular weight excluding hydrogens is 460 g/mol. The number of fused-ring (bicyclic) bond motifs is 2. The molecule has 0 atom stereocenters. The molecule has 0 saturated heterocycles. The summed E-state index contributed by atoms with van der Waals surface area (Å²) >= 11 is 4.47. The highest BCUT2D eigenvalue weighted by molar-refractivity contribution is 7.98. The minimum Gasteiger partial charge on any atom is -0.283 e. The first-order valence-corrected chi connectivity index (χ1v) is 12.6. The molecule has 9 heteroatoms. The van der Waals surface area contributed by atoms with Crippen LogP contribution >= 0.6 is 34.4 Å². The first kappa shape index (κ1) is 20.9. The van der Waals surface area contributed by atoms with E-state index in [9.17, 15) is 9.59 Å². The molecule has 0 aliphatic carbocycles. The fourth-order valence-electron chi connectivity index (χ4n) is 3.49. The molecule has 0 N–H and O–H groups in total. The summed E-state index contributed by atoms with van der Waals surface area (Å²) in [6.07, 6.45) is 3.43. The average Bonchev–Trinajstić information content (AvgIpc) is 3.44. The molecule has 0 aliphatic heterocycles. The van der Waals surface area contributed by atoms with Crippen LogP contribution in [-0.2, 0) is 12.3 Å². The van der Waals surface area contributed by atoms with E-state index in [1.165, 1.54) is 33.6 Å².